The Hall–Kier alpha value is -6.16. The van der Waals surface area contributed by atoms with E-state index in [-0.39, 0.29) is 37.1 Å². The Bertz CT molecular complexity index is 3640. The number of hydrogen-bond donors (Lipinski definition) is 0. The molecular weight excluding hydrogens is 615 g/mol. The molecule has 0 amide bonds. The van der Waals surface area contributed by atoms with Gasteiger partial charge in [0.05, 0.1) is 31.6 Å². The highest BCUT2D eigenvalue weighted by atomic mass is 32.1. The monoisotopic (exact) mass is 658 g/mol. The molecule has 0 bridgehead atoms. The molecule has 8 aromatic carbocycles. The summed E-state index contributed by atoms with van der Waals surface area (Å²) >= 11 is 0.803. The van der Waals surface area contributed by atoms with E-state index in [0.717, 1.165) is 22.1 Å². The summed E-state index contributed by atoms with van der Waals surface area (Å²) in [5.41, 5.74) is -0.365. The molecule has 0 aliphatic carbocycles. The first-order valence-electron chi connectivity index (χ1n) is 22.9. The van der Waals surface area contributed by atoms with Crippen molar-refractivity contribution >= 4 is 81.3 Å². The second-order valence-electron chi connectivity index (χ2n) is 11.3. The number of furan rings is 1. The fourth-order valence-electron chi connectivity index (χ4n) is 6.21. The van der Waals surface area contributed by atoms with Crippen LogP contribution in [0.3, 0.4) is 0 Å². The molecule has 10 aromatic rings. The summed E-state index contributed by atoms with van der Waals surface area (Å²) in [6, 6.07) is 16.2. The van der Waals surface area contributed by atoms with E-state index in [1.54, 1.807) is 48.5 Å². The van der Waals surface area contributed by atoms with Gasteiger partial charge in [0.25, 0.3) is 0 Å². The number of fused-ring (bicyclic) bond motifs is 8. The molecule has 10 rings (SSSR count). The van der Waals surface area contributed by atoms with Crippen LogP contribution in [0.1, 0.15) is 20.6 Å². The third-order valence-corrected chi connectivity index (χ3v) is 9.50. The van der Waals surface area contributed by atoms with Crippen LogP contribution < -0.4 is 4.90 Å². The highest BCUT2D eigenvalue weighted by Gasteiger charge is 2.20. The van der Waals surface area contributed by atoms with Crippen LogP contribution in [0.4, 0.5) is 17.1 Å². The SMILES string of the molecule is [2H]c1c([2H])c(N(c2c([2H])c([2H])c(-c3c([2H])c([2H])c4c(sc5c([2H])c([2H])c([2H])c([2H])c54)c3[2H])c([2H])c2[2H])c2cccc3oc4c5ccccc5ccc4c23)c([2H])c([2H])c1-c1ccccc1. The molecule has 0 spiro atoms. The van der Waals surface area contributed by atoms with Gasteiger partial charge < -0.3 is 9.32 Å². The third-order valence-electron chi connectivity index (χ3n) is 8.47. The van der Waals surface area contributed by atoms with E-state index in [9.17, 15) is 12.3 Å². The normalized spacial score (nSPS) is 16.0. The van der Waals surface area contributed by atoms with E-state index in [1.165, 1.54) is 4.90 Å². The Balaban J connectivity index is 1.30. The maximum Gasteiger partial charge on any atom is 0.143 e. The van der Waals surface area contributed by atoms with Gasteiger partial charge in [-0.1, -0.05) is 121 Å². The summed E-state index contributed by atoms with van der Waals surface area (Å²) in [7, 11) is 0. The van der Waals surface area contributed by atoms with Gasteiger partial charge >= 0.3 is 0 Å². The van der Waals surface area contributed by atoms with Crippen molar-refractivity contribution in [2.24, 2.45) is 0 Å². The van der Waals surface area contributed by atoms with Crippen molar-refractivity contribution in [1.29, 1.82) is 0 Å². The van der Waals surface area contributed by atoms with Crippen LogP contribution >= 0.6 is 11.3 Å². The lowest BCUT2D eigenvalue weighted by molar-refractivity contribution is 0.672. The van der Waals surface area contributed by atoms with Gasteiger partial charge in [0.1, 0.15) is 11.2 Å². The van der Waals surface area contributed by atoms with Gasteiger partial charge in [-0.3, -0.25) is 0 Å². The summed E-state index contributed by atoms with van der Waals surface area (Å²) in [4.78, 5) is 1.18. The molecular formula is C46H29NOS. The standard InChI is InChI=1S/C46H29NOS/c1-2-9-30(10-3-1)31-17-23-35(24-18-31)47(41-14-8-15-42-45(41)40-28-21-33-11-4-5-12-37(33)46(40)48-42)36-25-19-32(20-26-36)34-22-27-39-38-13-6-7-16-43(38)49-44(39)29-34/h1-29H/i6D,7D,13D,16D,17D,18D,19D,20D,22D,23D,24D,25D,26D,27D,29D. The second-order valence-corrected chi connectivity index (χ2v) is 12.3. The van der Waals surface area contributed by atoms with Gasteiger partial charge in [-0.2, -0.15) is 0 Å². The van der Waals surface area contributed by atoms with Crippen molar-refractivity contribution in [3.8, 4) is 22.3 Å². The highest BCUT2D eigenvalue weighted by Crippen LogP contribution is 2.45. The van der Waals surface area contributed by atoms with E-state index in [2.05, 4.69) is 0 Å². The van der Waals surface area contributed by atoms with Gasteiger partial charge in [-0.15, -0.1) is 11.3 Å². The zero-order chi connectivity index (χ0) is 45.4. The van der Waals surface area contributed by atoms with Crippen LogP contribution in [-0.2, 0) is 0 Å². The molecule has 2 nitrogen and oxygen atoms in total. The average molecular weight is 659 g/mol. The second kappa shape index (κ2) is 11.2. The third kappa shape index (κ3) is 4.62. The van der Waals surface area contributed by atoms with Gasteiger partial charge in [-0.05, 0) is 82.1 Å². The topological polar surface area (TPSA) is 16.4 Å². The maximum absolute atomic E-state index is 9.64. The zero-order valence-corrected chi connectivity index (χ0v) is 26.2. The number of hydrogen-bond acceptors (Lipinski definition) is 3. The van der Waals surface area contributed by atoms with Crippen LogP contribution in [0.25, 0.3) is 75.1 Å². The Morgan fingerprint density at radius 1 is 0.490 bits per heavy atom. The number of benzene rings is 8. The van der Waals surface area contributed by atoms with Crippen molar-refractivity contribution < 1.29 is 25.0 Å². The summed E-state index contributed by atoms with van der Waals surface area (Å²) in [5, 5.41) is 2.54. The summed E-state index contributed by atoms with van der Waals surface area (Å²) in [6.07, 6.45) is 0. The molecule has 2 aromatic heterocycles. The number of thiophene rings is 1. The molecule has 0 fully saturated rings. The minimum Gasteiger partial charge on any atom is -0.455 e. The number of rotatable bonds is 5. The lowest BCUT2D eigenvalue weighted by Crippen LogP contribution is -2.10. The first-order valence-corrected chi connectivity index (χ1v) is 16.2. The molecule has 0 unspecified atom stereocenters. The van der Waals surface area contributed by atoms with Crippen LogP contribution in [-0.4, -0.2) is 0 Å². The van der Waals surface area contributed by atoms with E-state index in [4.69, 9.17) is 12.6 Å². The van der Waals surface area contributed by atoms with Crippen molar-refractivity contribution in [2.75, 3.05) is 4.90 Å². The van der Waals surface area contributed by atoms with E-state index in [1.807, 2.05) is 36.4 Å². The lowest BCUT2D eigenvalue weighted by atomic mass is 10.0. The quantitative estimate of drug-likeness (QED) is 0.183. The molecule has 0 N–H and O–H groups in total. The molecule has 49 heavy (non-hydrogen) atoms. The maximum atomic E-state index is 9.64. The Labute approximate surface area is 308 Å². The lowest BCUT2D eigenvalue weighted by Gasteiger charge is -2.26. The molecule has 0 aliphatic heterocycles. The largest absolute Gasteiger partial charge is 0.455 e. The van der Waals surface area contributed by atoms with Crippen molar-refractivity contribution in [1.82, 2.24) is 0 Å². The number of nitrogens with zero attached hydrogens (tertiary/aromatic N) is 1. The van der Waals surface area contributed by atoms with Gasteiger partial charge in [-0.25, -0.2) is 0 Å². The molecule has 0 saturated heterocycles. The number of anilines is 3. The van der Waals surface area contributed by atoms with Crippen LogP contribution in [0.5, 0.6) is 0 Å². The van der Waals surface area contributed by atoms with Gasteiger partial charge in [0, 0.05) is 42.3 Å². The first-order chi connectivity index (χ1) is 30.6. The molecule has 0 atom stereocenters. The minimum absolute atomic E-state index is 0.00578. The van der Waals surface area contributed by atoms with Gasteiger partial charge in [0.15, 0.2) is 0 Å². The van der Waals surface area contributed by atoms with E-state index >= 15 is 0 Å². The Morgan fingerprint density at radius 2 is 1.18 bits per heavy atom. The predicted octanol–water partition coefficient (Wildman–Crippen LogP) is 13.9. The smallest absolute Gasteiger partial charge is 0.143 e. The Morgan fingerprint density at radius 3 is 2.00 bits per heavy atom. The fraction of sp³-hybridized carbons (Fsp3) is 0. The zero-order valence-electron chi connectivity index (χ0n) is 40.3. The van der Waals surface area contributed by atoms with E-state index in [0.29, 0.717) is 27.5 Å². The molecule has 2 heterocycles. The molecule has 230 valence electrons. The summed E-state index contributed by atoms with van der Waals surface area (Å²) in [6.45, 7) is 0. The van der Waals surface area contributed by atoms with Crippen LogP contribution in [0.2, 0.25) is 0 Å². The minimum atomic E-state index is -0.738. The fourth-order valence-corrected chi connectivity index (χ4v) is 7.18. The first kappa shape index (κ1) is 16.8. The Kier molecular flexibility index (Phi) is 3.85. The summed E-state index contributed by atoms with van der Waals surface area (Å²) in [5.74, 6) is 0. The van der Waals surface area contributed by atoms with Crippen LogP contribution in [0.15, 0.2) is 180 Å². The van der Waals surface area contributed by atoms with E-state index < -0.39 is 107 Å². The average Bonchev–Trinajstić information content (AvgIpc) is 3.90. The van der Waals surface area contributed by atoms with Crippen molar-refractivity contribution in [2.45, 2.75) is 0 Å². The molecule has 3 heteroatoms. The molecule has 0 saturated carbocycles. The van der Waals surface area contributed by atoms with Crippen LogP contribution in [0, 0.1) is 0 Å². The molecule has 0 aliphatic rings. The highest BCUT2D eigenvalue weighted by molar-refractivity contribution is 7.25. The van der Waals surface area contributed by atoms with Gasteiger partial charge in [0.2, 0.25) is 0 Å². The summed E-state index contributed by atoms with van der Waals surface area (Å²) < 4.78 is 143. The van der Waals surface area contributed by atoms with Crippen molar-refractivity contribution in [3.05, 3.63) is 176 Å². The molecule has 0 radical (unpaired) electrons. The predicted molar refractivity (Wildman–Crippen MR) is 210 cm³/mol. The van der Waals surface area contributed by atoms with Crippen molar-refractivity contribution in [3.63, 3.8) is 0 Å².